The summed E-state index contributed by atoms with van der Waals surface area (Å²) in [5, 5.41) is 3.84. The summed E-state index contributed by atoms with van der Waals surface area (Å²) in [6.07, 6.45) is 4.70. The van der Waals surface area contributed by atoms with Crippen LogP contribution in [-0.2, 0) is 0 Å². The van der Waals surface area contributed by atoms with E-state index in [-0.39, 0.29) is 0 Å². The Hall–Kier alpha value is -0.930. The molecule has 0 bridgehead atoms. The van der Waals surface area contributed by atoms with E-state index in [0.29, 0.717) is 17.5 Å². The maximum atomic E-state index is 6.51. The highest BCUT2D eigenvalue weighted by Crippen LogP contribution is 2.34. The van der Waals surface area contributed by atoms with Crippen molar-refractivity contribution in [3.63, 3.8) is 0 Å². The van der Waals surface area contributed by atoms with Crippen molar-refractivity contribution in [3.8, 4) is 11.5 Å². The van der Waals surface area contributed by atoms with Gasteiger partial charge in [-0.25, -0.2) is 0 Å². The van der Waals surface area contributed by atoms with Gasteiger partial charge in [0.2, 0.25) is 0 Å². The van der Waals surface area contributed by atoms with Gasteiger partial charge in [-0.1, -0.05) is 60.3 Å². The molecule has 0 heterocycles. The van der Waals surface area contributed by atoms with E-state index >= 15 is 0 Å². The molecular weight excluding hydrogens is 388 g/mol. The Kier molecular flexibility index (Phi) is 8.20. The molecule has 0 aliphatic heterocycles. The summed E-state index contributed by atoms with van der Waals surface area (Å²) in [5.74, 6) is 2.16. The molecule has 0 atom stereocenters. The van der Waals surface area contributed by atoms with Crippen molar-refractivity contribution >= 4 is 38.3 Å². The van der Waals surface area contributed by atoms with E-state index in [1.54, 1.807) is 0 Å². The van der Waals surface area contributed by atoms with Gasteiger partial charge in [0.1, 0.15) is 11.5 Å². The molecule has 0 aliphatic carbocycles. The van der Waals surface area contributed by atoms with E-state index in [4.69, 9.17) is 21.1 Å². The van der Waals surface area contributed by atoms with Gasteiger partial charge in [0.05, 0.1) is 18.2 Å². The largest absolute Gasteiger partial charge is 0.493 e. The van der Waals surface area contributed by atoms with Crippen LogP contribution in [0.1, 0.15) is 39.5 Å². The van der Waals surface area contributed by atoms with Gasteiger partial charge < -0.3 is 9.47 Å². The third-order valence-electron chi connectivity index (χ3n) is 3.76. The number of unbranched alkanes of at least 4 members (excludes halogenated alkanes) is 3. The SMILES string of the molecule is CC(C)COc1ccc2c(Cl)c(OCCCCCCBr)ccc2c1. The quantitative estimate of drug-likeness (QED) is 0.313. The number of hydrogen-bond acceptors (Lipinski definition) is 2. The van der Waals surface area contributed by atoms with Crippen molar-refractivity contribution in [1.29, 1.82) is 0 Å². The molecule has 0 amide bonds. The maximum absolute atomic E-state index is 6.51. The fourth-order valence-corrected chi connectivity index (χ4v) is 3.13. The molecule has 0 saturated carbocycles. The molecular formula is C20H26BrClO2. The first-order chi connectivity index (χ1) is 11.6. The van der Waals surface area contributed by atoms with Crippen LogP contribution in [0.2, 0.25) is 5.02 Å². The third-order valence-corrected chi connectivity index (χ3v) is 4.71. The second kappa shape index (κ2) is 10.1. The Morgan fingerprint density at radius 1 is 1.00 bits per heavy atom. The monoisotopic (exact) mass is 412 g/mol. The molecule has 0 saturated heterocycles. The highest BCUT2D eigenvalue weighted by atomic mass is 79.9. The highest BCUT2D eigenvalue weighted by Gasteiger charge is 2.08. The van der Waals surface area contributed by atoms with Crippen molar-refractivity contribution in [2.75, 3.05) is 18.5 Å². The van der Waals surface area contributed by atoms with Crippen molar-refractivity contribution < 1.29 is 9.47 Å². The summed E-state index contributed by atoms with van der Waals surface area (Å²) in [5.41, 5.74) is 0. The van der Waals surface area contributed by atoms with Crippen LogP contribution in [0.3, 0.4) is 0 Å². The summed E-state index contributed by atoms with van der Waals surface area (Å²) in [4.78, 5) is 0. The van der Waals surface area contributed by atoms with Gasteiger partial charge in [-0.2, -0.15) is 0 Å². The molecule has 2 aromatic carbocycles. The van der Waals surface area contributed by atoms with Gasteiger partial charge in [0.25, 0.3) is 0 Å². The van der Waals surface area contributed by atoms with E-state index in [1.165, 1.54) is 19.3 Å². The molecule has 0 N–H and O–H groups in total. The normalized spacial score (nSPS) is 11.2. The molecule has 0 aromatic heterocycles. The van der Waals surface area contributed by atoms with Crippen molar-refractivity contribution in [3.05, 3.63) is 35.4 Å². The molecule has 2 aromatic rings. The van der Waals surface area contributed by atoms with Gasteiger partial charge in [0.15, 0.2) is 0 Å². The number of benzene rings is 2. The van der Waals surface area contributed by atoms with Crippen LogP contribution in [0.15, 0.2) is 30.3 Å². The molecule has 4 heteroatoms. The Labute approximate surface area is 158 Å². The van der Waals surface area contributed by atoms with Crippen LogP contribution < -0.4 is 9.47 Å². The Bertz CT molecular complexity index is 643. The third kappa shape index (κ3) is 5.86. The second-order valence-electron chi connectivity index (χ2n) is 6.42. The Morgan fingerprint density at radius 3 is 2.54 bits per heavy atom. The first-order valence-corrected chi connectivity index (χ1v) is 10.2. The van der Waals surface area contributed by atoms with Crippen LogP contribution in [0.5, 0.6) is 11.5 Å². The van der Waals surface area contributed by atoms with Crippen LogP contribution >= 0.6 is 27.5 Å². The molecule has 2 nitrogen and oxygen atoms in total. The summed E-state index contributed by atoms with van der Waals surface area (Å²) < 4.78 is 11.6. The topological polar surface area (TPSA) is 18.5 Å². The number of halogens is 2. The molecule has 132 valence electrons. The van der Waals surface area contributed by atoms with E-state index < -0.39 is 0 Å². The number of ether oxygens (including phenoxy) is 2. The van der Waals surface area contributed by atoms with Crippen LogP contribution in [0.25, 0.3) is 10.8 Å². The zero-order chi connectivity index (χ0) is 17.4. The minimum Gasteiger partial charge on any atom is -0.493 e. The first kappa shape index (κ1) is 19.4. The minimum absolute atomic E-state index is 0.509. The van der Waals surface area contributed by atoms with Gasteiger partial charge in [-0.15, -0.1) is 0 Å². The zero-order valence-electron chi connectivity index (χ0n) is 14.5. The zero-order valence-corrected chi connectivity index (χ0v) is 16.8. The predicted molar refractivity (Wildman–Crippen MR) is 107 cm³/mol. The first-order valence-electron chi connectivity index (χ1n) is 8.65. The lowest BCUT2D eigenvalue weighted by atomic mass is 10.1. The smallest absolute Gasteiger partial charge is 0.138 e. The number of fused-ring (bicyclic) bond motifs is 1. The number of alkyl halides is 1. The predicted octanol–water partition coefficient (Wildman–Crippen LogP) is 6.86. The summed E-state index contributed by atoms with van der Waals surface area (Å²) >= 11 is 9.96. The van der Waals surface area contributed by atoms with E-state index in [9.17, 15) is 0 Å². The van der Waals surface area contributed by atoms with Crippen LogP contribution in [0.4, 0.5) is 0 Å². The van der Waals surface area contributed by atoms with Crippen LogP contribution in [0, 0.1) is 5.92 Å². The van der Waals surface area contributed by atoms with Gasteiger partial charge in [-0.05, 0) is 48.4 Å². The van der Waals surface area contributed by atoms with Crippen molar-refractivity contribution in [2.45, 2.75) is 39.5 Å². The molecule has 0 fully saturated rings. The van der Waals surface area contributed by atoms with Gasteiger partial charge >= 0.3 is 0 Å². The molecule has 2 rings (SSSR count). The lowest BCUT2D eigenvalue weighted by Gasteiger charge is -2.12. The van der Waals surface area contributed by atoms with Crippen molar-refractivity contribution in [2.24, 2.45) is 5.92 Å². The Morgan fingerprint density at radius 2 is 1.79 bits per heavy atom. The maximum Gasteiger partial charge on any atom is 0.138 e. The molecule has 0 spiro atoms. The summed E-state index contributed by atoms with van der Waals surface area (Å²) in [7, 11) is 0. The fraction of sp³-hybridized carbons (Fsp3) is 0.500. The molecule has 0 unspecified atom stereocenters. The summed E-state index contributed by atoms with van der Waals surface area (Å²) in [6, 6.07) is 10.0. The lowest BCUT2D eigenvalue weighted by molar-refractivity contribution is 0.271. The lowest BCUT2D eigenvalue weighted by Crippen LogP contribution is -2.04. The average Bonchev–Trinajstić information content (AvgIpc) is 2.58. The second-order valence-corrected chi connectivity index (χ2v) is 7.59. The fourth-order valence-electron chi connectivity index (χ4n) is 2.45. The Balaban J connectivity index is 1.98. The summed E-state index contributed by atoms with van der Waals surface area (Å²) in [6.45, 7) is 5.71. The highest BCUT2D eigenvalue weighted by molar-refractivity contribution is 9.09. The van der Waals surface area contributed by atoms with Crippen LogP contribution in [-0.4, -0.2) is 18.5 Å². The molecule has 0 aliphatic rings. The molecule has 0 radical (unpaired) electrons. The van der Waals surface area contributed by atoms with E-state index in [0.717, 1.165) is 40.6 Å². The minimum atomic E-state index is 0.509. The number of hydrogen-bond donors (Lipinski definition) is 0. The average molecular weight is 414 g/mol. The van der Waals surface area contributed by atoms with Gasteiger partial charge in [-0.3, -0.25) is 0 Å². The van der Waals surface area contributed by atoms with E-state index in [2.05, 4.69) is 29.8 Å². The standard InChI is InChI=1S/C20H26BrClO2/c1-15(2)14-24-17-8-9-18-16(13-17)7-10-19(20(18)22)23-12-6-4-3-5-11-21/h7-10,13,15H,3-6,11-12,14H2,1-2H3. The molecule has 24 heavy (non-hydrogen) atoms. The van der Waals surface area contributed by atoms with Crippen molar-refractivity contribution in [1.82, 2.24) is 0 Å². The van der Waals surface area contributed by atoms with E-state index in [1.807, 2.05) is 30.3 Å². The number of rotatable bonds is 10. The van der Waals surface area contributed by atoms with Gasteiger partial charge in [0, 0.05) is 10.7 Å².